The highest BCUT2D eigenvalue weighted by atomic mass is 16.6. The van der Waals surface area contributed by atoms with Crippen molar-refractivity contribution >= 4 is 6.09 Å². The predicted octanol–water partition coefficient (Wildman–Crippen LogP) is 3.02. The van der Waals surface area contributed by atoms with E-state index in [2.05, 4.69) is 5.32 Å². The average Bonchev–Trinajstić information content (AvgIpc) is 2.33. The standard InChI is InChI=1S/C15H30N2O2/c1-15(2,3)19-14(18)17-11-8-13(9-12-17)7-5-6-10-16-4/h13,16H,5-12H2,1-4H3. The van der Waals surface area contributed by atoms with Crippen molar-refractivity contribution in [2.45, 2.75) is 58.5 Å². The number of nitrogens with zero attached hydrogens (tertiary/aromatic N) is 1. The maximum atomic E-state index is 11.9. The molecule has 0 aromatic heterocycles. The Bertz CT molecular complexity index is 266. The van der Waals surface area contributed by atoms with Gasteiger partial charge in [0, 0.05) is 13.1 Å². The molecule has 0 spiro atoms. The third kappa shape index (κ3) is 6.81. The summed E-state index contributed by atoms with van der Waals surface area (Å²) in [6.45, 7) is 8.56. The molecule has 0 unspecified atom stereocenters. The molecule has 1 aliphatic rings. The van der Waals surface area contributed by atoms with Crippen LogP contribution in [0, 0.1) is 5.92 Å². The van der Waals surface area contributed by atoms with E-state index in [0.29, 0.717) is 0 Å². The van der Waals surface area contributed by atoms with Crippen LogP contribution in [-0.4, -0.2) is 43.3 Å². The highest BCUT2D eigenvalue weighted by molar-refractivity contribution is 5.68. The van der Waals surface area contributed by atoms with Gasteiger partial charge in [0.05, 0.1) is 0 Å². The summed E-state index contributed by atoms with van der Waals surface area (Å²) in [6, 6.07) is 0. The Morgan fingerprint density at radius 3 is 2.42 bits per heavy atom. The second kappa shape index (κ2) is 7.73. The number of ether oxygens (including phenoxy) is 1. The van der Waals surface area contributed by atoms with Gasteiger partial charge in [-0.2, -0.15) is 0 Å². The number of rotatable bonds is 5. The van der Waals surface area contributed by atoms with E-state index in [-0.39, 0.29) is 11.7 Å². The molecule has 1 rings (SSSR count). The number of unbranched alkanes of at least 4 members (excludes halogenated alkanes) is 1. The van der Waals surface area contributed by atoms with E-state index < -0.39 is 0 Å². The van der Waals surface area contributed by atoms with Gasteiger partial charge in [0.15, 0.2) is 0 Å². The van der Waals surface area contributed by atoms with Gasteiger partial charge >= 0.3 is 6.09 Å². The van der Waals surface area contributed by atoms with Crippen molar-refractivity contribution in [1.29, 1.82) is 0 Å². The van der Waals surface area contributed by atoms with Crippen molar-refractivity contribution in [3.05, 3.63) is 0 Å². The van der Waals surface area contributed by atoms with Gasteiger partial charge in [0.1, 0.15) is 5.60 Å². The van der Waals surface area contributed by atoms with Crippen LogP contribution in [0.2, 0.25) is 0 Å². The van der Waals surface area contributed by atoms with Crippen LogP contribution < -0.4 is 5.32 Å². The molecule has 1 amide bonds. The fourth-order valence-corrected chi connectivity index (χ4v) is 2.47. The molecule has 112 valence electrons. The Balaban J connectivity index is 2.19. The molecule has 0 aromatic carbocycles. The molecule has 1 heterocycles. The van der Waals surface area contributed by atoms with E-state index in [9.17, 15) is 4.79 Å². The zero-order chi connectivity index (χ0) is 14.3. The summed E-state index contributed by atoms with van der Waals surface area (Å²) in [7, 11) is 2.00. The van der Waals surface area contributed by atoms with E-state index in [0.717, 1.165) is 38.4 Å². The Morgan fingerprint density at radius 2 is 1.89 bits per heavy atom. The molecule has 0 bridgehead atoms. The van der Waals surface area contributed by atoms with Gasteiger partial charge in [0.25, 0.3) is 0 Å². The molecule has 0 saturated carbocycles. The number of hydrogen-bond acceptors (Lipinski definition) is 3. The lowest BCUT2D eigenvalue weighted by atomic mass is 9.92. The van der Waals surface area contributed by atoms with E-state index in [1.165, 1.54) is 19.3 Å². The van der Waals surface area contributed by atoms with E-state index in [4.69, 9.17) is 4.74 Å². The van der Waals surface area contributed by atoms with Crippen molar-refractivity contribution < 1.29 is 9.53 Å². The second-order valence-corrected chi connectivity index (χ2v) is 6.51. The summed E-state index contributed by atoms with van der Waals surface area (Å²) in [6.07, 6.45) is 5.93. The summed E-state index contributed by atoms with van der Waals surface area (Å²) in [5.74, 6) is 0.788. The first kappa shape index (κ1) is 16.3. The maximum Gasteiger partial charge on any atom is 0.410 e. The van der Waals surface area contributed by atoms with Crippen molar-refractivity contribution in [2.24, 2.45) is 5.92 Å². The molecule has 4 nitrogen and oxygen atoms in total. The zero-order valence-corrected chi connectivity index (χ0v) is 13.0. The van der Waals surface area contributed by atoms with Gasteiger partial charge < -0.3 is 15.0 Å². The number of likely N-dealkylation sites (tertiary alicyclic amines) is 1. The lowest BCUT2D eigenvalue weighted by Crippen LogP contribution is -2.41. The van der Waals surface area contributed by atoms with Gasteiger partial charge in [-0.1, -0.05) is 12.8 Å². The summed E-state index contributed by atoms with van der Waals surface area (Å²) in [5, 5.41) is 3.18. The van der Waals surface area contributed by atoms with Crippen LogP contribution >= 0.6 is 0 Å². The molecule has 0 radical (unpaired) electrons. The molecular weight excluding hydrogens is 240 g/mol. The minimum absolute atomic E-state index is 0.152. The molecule has 1 fully saturated rings. The van der Waals surface area contributed by atoms with Crippen LogP contribution in [0.25, 0.3) is 0 Å². The zero-order valence-electron chi connectivity index (χ0n) is 13.0. The largest absolute Gasteiger partial charge is 0.444 e. The summed E-state index contributed by atoms with van der Waals surface area (Å²) >= 11 is 0. The first-order chi connectivity index (χ1) is 8.92. The Morgan fingerprint density at radius 1 is 1.26 bits per heavy atom. The molecule has 0 atom stereocenters. The molecule has 1 saturated heterocycles. The first-order valence-corrected chi connectivity index (χ1v) is 7.55. The number of nitrogens with one attached hydrogen (secondary N) is 1. The molecule has 0 aliphatic carbocycles. The van der Waals surface area contributed by atoms with Gasteiger partial charge in [-0.3, -0.25) is 0 Å². The van der Waals surface area contributed by atoms with Gasteiger partial charge in [-0.05, 0) is 59.5 Å². The Kier molecular flexibility index (Phi) is 6.63. The SMILES string of the molecule is CNCCCCC1CCN(C(=O)OC(C)(C)C)CC1. The molecule has 19 heavy (non-hydrogen) atoms. The number of piperidine rings is 1. The second-order valence-electron chi connectivity index (χ2n) is 6.51. The molecule has 4 heteroatoms. The lowest BCUT2D eigenvalue weighted by molar-refractivity contribution is 0.0180. The van der Waals surface area contributed by atoms with Crippen LogP contribution in [0.15, 0.2) is 0 Å². The number of amides is 1. The van der Waals surface area contributed by atoms with Crippen LogP contribution in [-0.2, 0) is 4.74 Å². The molecule has 1 aliphatic heterocycles. The highest BCUT2D eigenvalue weighted by Crippen LogP contribution is 2.23. The van der Waals surface area contributed by atoms with Gasteiger partial charge in [-0.25, -0.2) is 4.79 Å². The number of hydrogen-bond donors (Lipinski definition) is 1. The number of carbonyl (C=O) groups excluding carboxylic acids is 1. The van der Waals surface area contributed by atoms with E-state index in [1.807, 2.05) is 32.7 Å². The normalized spacial score (nSPS) is 17.6. The van der Waals surface area contributed by atoms with Crippen LogP contribution in [0.4, 0.5) is 4.79 Å². The summed E-state index contributed by atoms with van der Waals surface area (Å²) < 4.78 is 5.40. The van der Waals surface area contributed by atoms with Crippen LogP contribution in [0.5, 0.6) is 0 Å². The summed E-state index contributed by atoms with van der Waals surface area (Å²) in [5.41, 5.74) is -0.388. The maximum absolute atomic E-state index is 11.9. The quantitative estimate of drug-likeness (QED) is 0.781. The van der Waals surface area contributed by atoms with Gasteiger partial charge in [0.2, 0.25) is 0 Å². The predicted molar refractivity (Wildman–Crippen MR) is 78.3 cm³/mol. The minimum atomic E-state index is -0.388. The highest BCUT2D eigenvalue weighted by Gasteiger charge is 2.26. The van der Waals surface area contributed by atoms with Gasteiger partial charge in [-0.15, -0.1) is 0 Å². The fraction of sp³-hybridized carbons (Fsp3) is 0.933. The van der Waals surface area contributed by atoms with Crippen molar-refractivity contribution in [2.75, 3.05) is 26.7 Å². The Hall–Kier alpha value is -0.770. The third-order valence-electron chi connectivity index (χ3n) is 3.56. The third-order valence-corrected chi connectivity index (χ3v) is 3.56. The lowest BCUT2D eigenvalue weighted by Gasteiger charge is -2.33. The molecular formula is C15H30N2O2. The summed E-state index contributed by atoms with van der Waals surface area (Å²) in [4.78, 5) is 13.8. The Labute approximate surface area is 117 Å². The number of carbonyl (C=O) groups is 1. The topological polar surface area (TPSA) is 41.6 Å². The molecule has 0 aromatic rings. The van der Waals surface area contributed by atoms with Crippen molar-refractivity contribution in [3.8, 4) is 0 Å². The van der Waals surface area contributed by atoms with E-state index in [1.54, 1.807) is 0 Å². The fourth-order valence-electron chi connectivity index (χ4n) is 2.47. The minimum Gasteiger partial charge on any atom is -0.444 e. The monoisotopic (exact) mass is 270 g/mol. The first-order valence-electron chi connectivity index (χ1n) is 7.55. The average molecular weight is 270 g/mol. The van der Waals surface area contributed by atoms with Crippen LogP contribution in [0.1, 0.15) is 52.9 Å². The van der Waals surface area contributed by atoms with Crippen LogP contribution in [0.3, 0.4) is 0 Å². The van der Waals surface area contributed by atoms with E-state index >= 15 is 0 Å². The van der Waals surface area contributed by atoms with Crippen molar-refractivity contribution in [3.63, 3.8) is 0 Å². The molecule has 1 N–H and O–H groups in total. The smallest absolute Gasteiger partial charge is 0.410 e. The van der Waals surface area contributed by atoms with Crippen molar-refractivity contribution in [1.82, 2.24) is 10.2 Å².